The van der Waals surface area contributed by atoms with Crippen molar-refractivity contribution in [2.24, 2.45) is 5.92 Å². The zero-order valence-corrected chi connectivity index (χ0v) is 17.4. The SMILES string of the molecule is CC[C@@H]1CCc2sc(C(=O)OCc3cc(=O)oc4cc5c(cc34)CCC5)cc2C1. The number of hydrogen-bond donors (Lipinski definition) is 0. The maximum atomic E-state index is 12.7. The van der Waals surface area contributed by atoms with E-state index in [-0.39, 0.29) is 12.6 Å². The van der Waals surface area contributed by atoms with E-state index in [0.29, 0.717) is 16.0 Å². The van der Waals surface area contributed by atoms with Crippen molar-refractivity contribution in [1.29, 1.82) is 0 Å². The topological polar surface area (TPSA) is 56.5 Å². The van der Waals surface area contributed by atoms with Crippen LogP contribution in [-0.4, -0.2) is 5.97 Å². The van der Waals surface area contributed by atoms with Crippen molar-refractivity contribution in [3.8, 4) is 0 Å². The smallest absolute Gasteiger partial charge is 0.348 e. The zero-order valence-electron chi connectivity index (χ0n) is 16.6. The highest BCUT2D eigenvalue weighted by molar-refractivity contribution is 7.14. The zero-order chi connectivity index (χ0) is 20.0. The molecule has 0 saturated heterocycles. The maximum absolute atomic E-state index is 12.7. The number of fused-ring (bicyclic) bond motifs is 3. The summed E-state index contributed by atoms with van der Waals surface area (Å²) in [6, 6.07) is 7.52. The van der Waals surface area contributed by atoms with Gasteiger partial charge in [-0.3, -0.25) is 0 Å². The standard InChI is InChI=1S/C24H24O4S/c1-2-14-6-7-21-17(8-14)11-22(29-21)24(26)27-13-18-12-23(25)28-20-10-16-5-3-4-15(16)9-19(18)20/h9-12,14H,2-8,13H2,1H3/t14-/m1/s1. The molecule has 0 radical (unpaired) electrons. The monoisotopic (exact) mass is 408 g/mol. The van der Waals surface area contributed by atoms with Gasteiger partial charge in [-0.1, -0.05) is 13.3 Å². The van der Waals surface area contributed by atoms with E-state index in [1.54, 1.807) is 11.3 Å². The minimum absolute atomic E-state index is 0.0832. The number of esters is 1. The average Bonchev–Trinajstić information content (AvgIpc) is 3.35. The molecule has 4 nitrogen and oxygen atoms in total. The van der Waals surface area contributed by atoms with Gasteiger partial charge >= 0.3 is 11.6 Å². The fraction of sp³-hybridized carbons (Fsp3) is 0.417. The lowest BCUT2D eigenvalue weighted by atomic mass is 9.87. The first-order valence-corrected chi connectivity index (χ1v) is 11.3. The van der Waals surface area contributed by atoms with E-state index in [0.717, 1.165) is 43.4 Å². The second-order valence-electron chi connectivity index (χ2n) is 8.21. The molecule has 1 aromatic carbocycles. The number of benzene rings is 1. The van der Waals surface area contributed by atoms with Gasteiger partial charge < -0.3 is 9.15 Å². The summed E-state index contributed by atoms with van der Waals surface area (Å²) in [6.07, 6.45) is 7.70. The van der Waals surface area contributed by atoms with Gasteiger partial charge in [-0.15, -0.1) is 11.3 Å². The Morgan fingerprint density at radius 3 is 2.79 bits per heavy atom. The summed E-state index contributed by atoms with van der Waals surface area (Å²) in [5.41, 5.74) is 4.76. The summed E-state index contributed by atoms with van der Waals surface area (Å²) in [5.74, 6) is 0.414. The molecule has 0 N–H and O–H groups in total. The van der Waals surface area contributed by atoms with Gasteiger partial charge in [-0.05, 0) is 79.3 Å². The predicted molar refractivity (Wildman–Crippen MR) is 114 cm³/mol. The first-order chi connectivity index (χ1) is 14.1. The molecule has 150 valence electrons. The first kappa shape index (κ1) is 18.6. The van der Waals surface area contributed by atoms with Crippen LogP contribution in [0.3, 0.4) is 0 Å². The second kappa shape index (κ2) is 7.45. The molecule has 0 aliphatic heterocycles. The third-order valence-corrected chi connectivity index (χ3v) is 7.58. The minimum Gasteiger partial charge on any atom is -0.457 e. The molecule has 2 heterocycles. The van der Waals surface area contributed by atoms with Crippen LogP contribution < -0.4 is 5.63 Å². The third kappa shape index (κ3) is 3.52. The first-order valence-electron chi connectivity index (χ1n) is 10.5. The van der Waals surface area contributed by atoms with Crippen LogP contribution in [0, 0.1) is 5.92 Å². The van der Waals surface area contributed by atoms with Gasteiger partial charge in [0.1, 0.15) is 17.1 Å². The molecular formula is C24H24O4S. The van der Waals surface area contributed by atoms with Crippen LogP contribution in [0.15, 0.2) is 33.5 Å². The summed E-state index contributed by atoms with van der Waals surface area (Å²) in [5, 5.41) is 0.870. The van der Waals surface area contributed by atoms with Crippen LogP contribution in [-0.2, 0) is 37.0 Å². The van der Waals surface area contributed by atoms with E-state index in [1.807, 2.05) is 12.1 Å². The highest BCUT2D eigenvalue weighted by Gasteiger charge is 2.23. The number of rotatable bonds is 4. The molecule has 0 fully saturated rings. The number of ether oxygens (including phenoxy) is 1. The van der Waals surface area contributed by atoms with Crippen molar-refractivity contribution in [2.45, 2.75) is 58.5 Å². The van der Waals surface area contributed by atoms with E-state index in [9.17, 15) is 9.59 Å². The van der Waals surface area contributed by atoms with Gasteiger partial charge in [0.2, 0.25) is 0 Å². The van der Waals surface area contributed by atoms with Crippen LogP contribution in [0.5, 0.6) is 0 Å². The molecule has 2 aliphatic rings. The fourth-order valence-corrected chi connectivity index (χ4v) is 5.78. The third-order valence-electron chi connectivity index (χ3n) is 6.36. The quantitative estimate of drug-likeness (QED) is 0.439. The van der Waals surface area contributed by atoms with Crippen LogP contribution in [0.25, 0.3) is 11.0 Å². The largest absolute Gasteiger partial charge is 0.457 e. The van der Waals surface area contributed by atoms with E-state index in [2.05, 4.69) is 13.0 Å². The summed E-state index contributed by atoms with van der Waals surface area (Å²) < 4.78 is 11.0. The number of carbonyl (C=O) groups excluding carboxylic acids is 1. The lowest BCUT2D eigenvalue weighted by molar-refractivity contribution is 0.0479. The Morgan fingerprint density at radius 1 is 1.14 bits per heavy atom. The van der Waals surface area contributed by atoms with E-state index in [1.165, 1.54) is 40.5 Å². The van der Waals surface area contributed by atoms with Crippen molar-refractivity contribution >= 4 is 28.3 Å². The van der Waals surface area contributed by atoms with Gasteiger partial charge in [0.15, 0.2) is 0 Å². The van der Waals surface area contributed by atoms with Crippen LogP contribution in [0.1, 0.15) is 63.0 Å². The molecule has 3 aromatic rings. The highest BCUT2D eigenvalue weighted by Crippen LogP contribution is 2.34. The summed E-state index contributed by atoms with van der Waals surface area (Å²) in [4.78, 5) is 26.7. The molecule has 0 saturated carbocycles. The molecule has 5 heteroatoms. The Labute approximate surface area is 173 Å². The lowest BCUT2D eigenvalue weighted by Crippen LogP contribution is -2.10. The summed E-state index contributed by atoms with van der Waals surface area (Å²) >= 11 is 1.56. The molecule has 0 amide bonds. The average molecular weight is 409 g/mol. The van der Waals surface area contributed by atoms with Gasteiger partial charge in [0.25, 0.3) is 0 Å². The Kier molecular flexibility index (Phi) is 4.78. The number of thiophene rings is 1. The molecule has 0 bridgehead atoms. The highest BCUT2D eigenvalue weighted by atomic mass is 32.1. The predicted octanol–water partition coefficient (Wildman–Crippen LogP) is 5.22. The van der Waals surface area contributed by atoms with Gasteiger partial charge in [0.05, 0.1) is 0 Å². The number of aryl methyl sites for hydroxylation is 3. The molecule has 0 unspecified atom stereocenters. The molecular weight excluding hydrogens is 384 g/mol. The molecule has 1 atom stereocenters. The van der Waals surface area contributed by atoms with Crippen LogP contribution in [0.4, 0.5) is 0 Å². The normalized spacial score (nSPS) is 17.9. The Bertz CT molecular complexity index is 1150. The van der Waals surface area contributed by atoms with Crippen molar-refractivity contribution in [1.82, 2.24) is 0 Å². The summed E-state index contributed by atoms with van der Waals surface area (Å²) in [6.45, 7) is 2.31. The number of hydrogen-bond acceptors (Lipinski definition) is 5. The van der Waals surface area contributed by atoms with Gasteiger partial charge in [-0.2, -0.15) is 0 Å². The molecule has 29 heavy (non-hydrogen) atoms. The van der Waals surface area contributed by atoms with Crippen molar-refractivity contribution in [2.75, 3.05) is 0 Å². The van der Waals surface area contributed by atoms with E-state index in [4.69, 9.17) is 9.15 Å². The van der Waals surface area contributed by atoms with Crippen molar-refractivity contribution < 1.29 is 13.9 Å². The van der Waals surface area contributed by atoms with Gasteiger partial charge in [-0.25, -0.2) is 9.59 Å². The van der Waals surface area contributed by atoms with E-state index >= 15 is 0 Å². The Balaban J connectivity index is 1.38. The van der Waals surface area contributed by atoms with Crippen molar-refractivity contribution in [3.63, 3.8) is 0 Å². The maximum Gasteiger partial charge on any atom is 0.348 e. The molecule has 0 spiro atoms. The molecule has 5 rings (SSSR count). The van der Waals surface area contributed by atoms with Crippen molar-refractivity contribution in [3.05, 3.63) is 66.7 Å². The lowest BCUT2D eigenvalue weighted by Gasteiger charge is -2.19. The Morgan fingerprint density at radius 2 is 1.97 bits per heavy atom. The Hall–Kier alpha value is -2.40. The molecule has 2 aromatic heterocycles. The van der Waals surface area contributed by atoms with Crippen LogP contribution in [0.2, 0.25) is 0 Å². The van der Waals surface area contributed by atoms with E-state index < -0.39 is 5.63 Å². The van der Waals surface area contributed by atoms with Crippen LogP contribution >= 0.6 is 11.3 Å². The minimum atomic E-state index is -0.404. The number of carbonyl (C=O) groups is 1. The fourth-order valence-electron chi connectivity index (χ4n) is 4.68. The van der Waals surface area contributed by atoms with Gasteiger partial charge in [0, 0.05) is 21.9 Å². The summed E-state index contributed by atoms with van der Waals surface area (Å²) in [7, 11) is 0. The molecule has 2 aliphatic carbocycles. The second-order valence-corrected chi connectivity index (χ2v) is 9.35.